The Bertz CT molecular complexity index is 748. The van der Waals surface area contributed by atoms with Gasteiger partial charge in [-0.3, -0.25) is 19.2 Å². The fourth-order valence-corrected chi connectivity index (χ4v) is 2.33. The van der Waals surface area contributed by atoms with Gasteiger partial charge in [-0.15, -0.1) is 0 Å². The first-order valence-corrected chi connectivity index (χ1v) is 8.19. The molecule has 3 N–H and O–H groups in total. The number of ether oxygens (including phenoxy) is 2. The highest BCUT2D eigenvalue weighted by molar-refractivity contribution is 5.99. The van der Waals surface area contributed by atoms with Crippen LogP contribution in [-0.2, 0) is 23.9 Å². The lowest BCUT2D eigenvalue weighted by atomic mass is 9.95. The number of halogens is 3. The second-order valence-electron chi connectivity index (χ2n) is 5.47. The molecule has 0 aliphatic heterocycles. The minimum atomic E-state index is -1.85. The predicted molar refractivity (Wildman–Crippen MR) is 88.1 cm³/mol. The average molecular weight is 404 g/mol. The zero-order chi connectivity index (χ0) is 21.4. The van der Waals surface area contributed by atoms with Crippen molar-refractivity contribution in [2.45, 2.75) is 26.3 Å². The summed E-state index contributed by atoms with van der Waals surface area (Å²) < 4.78 is 50.0. The number of nitrogens with two attached hydrogens (primary N) is 1. The molecule has 0 spiro atoms. The minimum absolute atomic E-state index is 0.0199. The smallest absolute Gasteiger partial charge is 0.312 e. The molecule has 2 amide bonds. The molecular formula is C17H19F3N2O6. The molecule has 0 fully saturated rings. The second-order valence-corrected chi connectivity index (χ2v) is 5.47. The van der Waals surface area contributed by atoms with Gasteiger partial charge in [0.25, 0.3) is 5.91 Å². The van der Waals surface area contributed by atoms with E-state index in [4.69, 9.17) is 15.2 Å². The number of carbonyl (C=O) groups excluding carboxylic acids is 4. The number of amides is 2. The Kier molecular flexibility index (Phi) is 8.42. The molecule has 0 heterocycles. The Balaban J connectivity index is 3.20. The molecule has 2 atom stereocenters. The lowest BCUT2D eigenvalue weighted by Crippen LogP contribution is -2.52. The van der Waals surface area contributed by atoms with Crippen LogP contribution in [0.5, 0.6) is 0 Å². The van der Waals surface area contributed by atoms with Crippen LogP contribution in [0, 0.1) is 23.4 Å². The molecule has 1 aromatic rings. The summed E-state index contributed by atoms with van der Waals surface area (Å²) >= 11 is 0. The maximum Gasteiger partial charge on any atom is 0.312 e. The number of hydrogen-bond donors (Lipinski definition) is 2. The van der Waals surface area contributed by atoms with E-state index in [9.17, 15) is 32.3 Å². The van der Waals surface area contributed by atoms with Crippen LogP contribution in [0.1, 0.15) is 30.6 Å². The van der Waals surface area contributed by atoms with Crippen molar-refractivity contribution in [1.82, 2.24) is 5.32 Å². The largest absolute Gasteiger partial charge is 0.466 e. The van der Waals surface area contributed by atoms with Crippen molar-refractivity contribution in [2.75, 3.05) is 13.2 Å². The van der Waals surface area contributed by atoms with Crippen molar-refractivity contribution < 1.29 is 41.8 Å². The normalized spacial score (nSPS) is 12.6. The van der Waals surface area contributed by atoms with E-state index in [-0.39, 0.29) is 25.3 Å². The van der Waals surface area contributed by atoms with Crippen LogP contribution in [-0.4, -0.2) is 43.0 Å². The standard InChI is InChI=1S/C17H19F3N2O6/c1-3-27-12(23)7-9(17(26)28-4-2)14(15(21)24)22-16(25)13-10(19)5-8(18)6-11(13)20/h5-6,9,14H,3-4,7H2,1-2H3,(H2,21,24)(H,22,25)/t9-,14+/m0/s1. The molecule has 0 radical (unpaired) electrons. The quantitative estimate of drug-likeness (QED) is 0.587. The molecule has 0 aliphatic carbocycles. The van der Waals surface area contributed by atoms with E-state index in [1.165, 1.54) is 13.8 Å². The van der Waals surface area contributed by atoms with Gasteiger partial charge in [0.15, 0.2) is 0 Å². The minimum Gasteiger partial charge on any atom is -0.466 e. The van der Waals surface area contributed by atoms with E-state index in [2.05, 4.69) is 0 Å². The Hall–Kier alpha value is -3.11. The predicted octanol–water partition coefficient (Wildman–Crippen LogP) is 0.820. The summed E-state index contributed by atoms with van der Waals surface area (Å²) in [4.78, 5) is 47.9. The molecule has 0 bridgehead atoms. The Morgan fingerprint density at radius 2 is 1.57 bits per heavy atom. The Morgan fingerprint density at radius 3 is 2.04 bits per heavy atom. The number of rotatable bonds is 9. The average Bonchev–Trinajstić information content (AvgIpc) is 2.57. The highest BCUT2D eigenvalue weighted by Crippen LogP contribution is 2.18. The number of carbonyl (C=O) groups is 4. The van der Waals surface area contributed by atoms with Crippen LogP contribution in [0.3, 0.4) is 0 Å². The van der Waals surface area contributed by atoms with Gasteiger partial charge in [0.1, 0.15) is 29.1 Å². The monoisotopic (exact) mass is 404 g/mol. The van der Waals surface area contributed by atoms with Crippen LogP contribution >= 0.6 is 0 Å². The van der Waals surface area contributed by atoms with Crippen LogP contribution in [0.25, 0.3) is 0 Å². The van der Waals surface area contributed by atoms with Crippen molar-refractivity contribution in [3.63, 3.8) is 0 Å². The molecule has 0 saturated carbocycles. The number of esters is 2. The van der Waals surface area contributed by atoms with E-state index in [1.807, 2.05) is 5.32 Å². The van der Waals surface area contributed by atoms with Crippen molar-refractivity contribution in [3.05, 3.63) is 35.1 Å². The Labute approximate surface area is 158 Å². The van der Waals surface area contributed by atoms with Crippen molar-refractivity contribution in [2.24, 2.45) is 11.7 Å². The van der Waals surface area contributed by atoms with Crippen molar-refractivity contribution >= 4 is 23.8 Å². The van der Waals surface area contributed by atoms with Crippen LogP contribution in [0.4, 0.5) is 13.2 Å². The summed E-state index contributed by atoms with van der Waals surface area (Å²) in [7, 11) is 0. The summed E-state index contributed by atoms with van der Waals surface area (Å²) in [6, 6.07) is -1.32. The molecule has 154 valence electrons. The SMILES string of the molecule is CCOC(=O)C[C@H](C(=O)OCC)[C@@H](NC(=O)c1c(F)cc(F)cc1F)C(N)=O. The molecule has 8 nitrogen and oxygen atoms in total. The summed E-state index contributed by atoms with van der Waals surface area (Å²) in [6.07, 6.45) is -0.686. The number of nitrogens with one attached hydrogen (secondary N) is 1. The number of primary amides is 1. The first-order chi connectivity index (χ1) is 13.1. The molecule has 0 aromatic heterocycles. The molecule has 1 aromatic carbocycles. The Morgan fingerprint density at radius 1 is 1.04 bits per heavy atom. The van der Waals surface area contributed by atoms with E-state index in [0.29, 0.717) is 0 Å². The van der Waals surface area contributed by atoms with Gasteiger partial charge < -0.3 is 20.5 Å². The lowest BCUT2D eigenvalue weighted by molar-refractivity contribution is -0.156. The van der Waals surface area contributed by atoms with Gasteiger partial charge in [-0.2, -0.15) is 0 Å². The van der Waals surface area contributed by atoms with Gasteiger partial charge >= 0.3 is 11.9 Å². The third kappa shape index (κ3) is 5.96. The van der Waals surface area contributed by atoms with E-state index in [0.717, 1.165) is 0 Å². The van der Waals surface area contributed by atoms with Gasteiger partial charge in [-0.05, 0) is 13.8 Å². The third-order valence-corrected chi connectivity index (χ3v) is 3.51. The first-order valence-electron chi connectivity index (χ1n) is 8.19. The van der Waals surface area contributed by atoms with Crippen LogP contribution in [0.2, 0.25) is 0 Å². The molecule has 0 unspecified atom stereocenters. The lowest BCUT2D eigenvalue weighted by Gasteiger charge is -2.23. The topological polar surface area (TPSA) is 125 Å². The van der Waals surface area contributed by atoms with E-state index >= 15 is 0 Å². The number of hydrogen-bond acceptors (Lipinski definition) is 6. The van der Waals surface area contributed by atoms with Crippen molar-refractivity contribution in [1.29, 1.82) is 0 Å². The highest BCUT2D eigenvalue weighted by atomic mass is 19.1. The van der Waals surface area contributed by atoms with Crippen LogP contribution < -0.4 is 11.1 Å². The fraction of sp³-hybridized carbons (Fsp3) is 0.412. The van der Waals surface area contributed by atoms with E-state index in [1.54, 1.807) is 0 Å². The second kappa shape index (κ2) is 10.3. The van der Waals surface area contributed by atoms with Gasteiger partial charge in [0, 0.05) is 12.1 Å². The fourth-order valence-electron chi connectivity index (χ4n) is 2.33. The summed E-state index contributed by atoms with van der Waals surface area (Å²) in [5.74, 6) is -10.6. The zero-order valence-corrected chi connectivity index (χ0v) is 15.1. The summed E-state index contributed by atoms with van der Waals surface area (Å²) in [6.45, 7) is 2.83. The first kappa shape index (κ1) is 22.9. The summed E-state index contributed by atoms with van der Waals surface area (Å²) in [5.41, 5.74) is 4.00. The molecule has 0 aliphatic rings. The molecular weight excluding hydrogens is 385 g/mol. The van der Waals surface area contributed by atoms with Crippen molar-refractivity contribution in [3.8, 4) is 0 Å². The maximum atomic E-state index is 13.8. The van der Waals surface area contributed by atoms with Crippen LogP contribution in [0.15, 0.2) is 12.1 Å². The highest BCUT2D eigenvalue weighted by Gasteiger charge is 2.38. The van der Waals surface area contributed by atoms with Gasteiger partial charge in [0.05, 0.1) is 25.6 Å². The zero-order valence-electron chi connectivity index (χ0n) is 15.1. The third-order valence-electron chi connectivity index (χ3n) is 3.51. The molecule has 11 heteroatoms. The molecule has 0 saturated heterocycles. The van der Waals surface area contributed by atoms with Gasteiger partial charge in [0.2, 0.25) is 5.91 Å². The van der Waals surface area contributed by atoms with Gasteiger partial charge in [-0.25, -0.2) is 13.2 Å². The van der Waals surface area contributed by atoms with Gasteiger partial charge in [-0.1, -0.05) is 0 Å². The molecule has 28 heavy (non-hydrogen) atoms. The number of benzene rings is 1. The molecule has 1 rings (SSSR count). The summed E-state index contributed by atoms with van der Waals surface area (Å²) in [5, 5.41) is 1.90. The van der Waals surface area contributed by atoms with E-state index < -0.39 is 65.1 Å². The maximum absolute atomic E-state index is 13.8.